The van der Waals surface area contributed by atoms with Gasteiger partial charge in [-0.3, -0.25) is 0 Å². The molecule has 0 fully saturated rings. The van der Waals surface area contributed by atoms with E-state index in [9.17, 15) is 14.7 Å². The van der Waals surface area contributed by atoms with Gasteiger partial charge in [0.05, 0.1) is 0 Å². The molecule has 0 rings (SSSR count). The van der Waals surface area contributed by atoms with Crippen LogP contribution in [0.4, 0.5) is 0 Å². The van der Waals surface area contributed by atoms with Gasteiger partial charge in [-0.05, 0) is 0 Å². The molecule has 3 nitrogen and oxygen atoms in total. The Labute approximate surface area is 132 Å². The van der Waals surface area contributed by atoms with Gasteiger partial charge in [-0.15, -0.1) is 0 Å². The van der Waals surface area contributed by atoms with Crippen molar-refractivity contribution in [3.05, 3.63) is 0 Å². The Kier molecular flexibility index (Phi) is 11.1. The Morgan fingerprint density at radius 2 is 1.10 bits per heavy atom. The Morgan fingerprint density at radius 1 is 0.619 bits per heavy atom. The first-order valence-electron chi connectivity index (χ1n) is 9.11. The second-order valence-electron chi connectivity index (χ2n) is 6.65. The van der Waals surface area contributed by atoms with Crippen LogP contribution < -0.4 is 0 Å². The number of hydrogen-bond acceptors (Lipinski definition) is 3. The van der Waals surface area contributed by atoms with Gasteiger partial charge in [0.2, 0.25) is 0 Å². The van der Waals surface area contributed by atoms with E-state index < -0.39 is 7.28 Å². The molecule has 0 radical (unpaired) electrons. The first kappa shape index (κ1) is 21.3. The van der Waals surface area contributed by atoms with Crippen LogP contribution >= 0.6 is 7.28 Å². The molecular formula is C17H39O3P. The van der Waals surface area contributed by atoms with Crippen LogP contribution in [0.25, 0.3) is 0 Å². The molecule has 1 atom stereocenters. The van der Waals surface area contributed by atoms with Gasteiger partial charge in [0.15, 0.2) is 0 Å². The van der Waals surface area contributed by atoms with Crippen LogP contribution in [-0.4, -0.2) is 26.5 Å². The molecule has 130 valence electrons. The van der Waals surface area contributed by atoms with Gasteiger partial charge in [0.25, 0.3) is 0 Å². The maximum absolute atomic E-state index is 10.5. The summed E-state index contributed by atoms with van der Waals surface area (Å²) in [6, 6.07) is 0. The van der Waals surface area contributed by atoms with Crippen molar-refractivity contribution in [2.24, 2.45) is 0 Å². The number of unbranched alkanes of at least 4 members (excludes halogenated alkanes) is 7. The normalized spacial score (nSPS) is 15.6. The third-order valence-corrected chi connectivity index (χ3v) is 7.66. The Bertz CT molecular complexity index is 248. The minimum atomic E-state index is -4.44. The van der Waals surface area contributed by atoms with E-state index in [0.717, 1.165) is 44.9 Å². The summed E-state index contributed by atoms with van der Waals surface area (Å²) in [5.41, 5.74) is -0.298. The average molecular weight is 322 g/mol. The molecule has 0 bridgehead atoms. The molecule has 0 heterocycles. The Hall–Kier alpha value is 0.310. The van der Waals surface area contributed by atoms with Crippen molar-refractivity contribution in [3.63, 3.8) is 0 Å². The SMILES string of the molecule is CCCCCCCCC(CCCC)P(O)(O)(O)CCCC. The summed E-state index contributed by atoms with van der Waals surface area (Å²) < 4.78 is 0. The molecule has 0 aromatic heterocycles. The fourth-order valence-electron chi connectivity index (χ4n) is 2.92. The van der Waals surface area contributed by atoms with Crippen LogP contribution in [0.5, 0.6) is 0 Å². The van der Waals surface area contributed by atoms with Crippen molar-refractivity contribution in [2.75, 3.05) is 6.16 Å². The van der Waals surface area contributed by atoms with Crippen LogP contribution in [0.15, 0.2) is 0 Å². The third kappa shape index (κ3) is 9.84. The Balaban J connectivity index is 4.35. The van der Waals surface area contributed by atoms with E-state index >= 15 is 0 Å². The fraction of sp³-hybridized carbons (Fsp3) is 1.00. The minimum absolute atomic E-state index is 0.187. The maximum atomic E-state index is 10.5. The second kappa shape index (κ2) is 10.9. The molecule has 0 amide bonds. The van der Waals surface area contributed by atoms with Crippen LogP contribution in [0.3, 0.4) is 0 Å². The molecule has 0 aromatic rings. The van der Waals surface area contributed by atoms with E-state index in [4.69, 9.17) is 0 Å². The van der Waals surface area contributed by atoms with Gasteiger partial charge in [-0.1, -0.05) is 0 Å². The van der Waals surface area contributed by atoms with Crippen molar-refractivity contribution in [2.45, 2.75) is 103 Å². The predicted molar refractivity (Wildman–Crippen MR) is 94.7 cm³/mol. The molecule has 21 heavy (non-hydrogen) atoms. The number of rotatable bonds is 14. The molecule has 0 spiro atoms. The average Bonchev–Trinajstić information content (AvgIpc) is 2.43. The molecule has 4 heteroatoms. The summed E-state index contributed by atoms with van der Waals surface area (Å²) in [4.78, 5) is 31.4. The third-order valence-electron chi connectivity index (χ3n) is 4.47. The van der Waals surface area contributed by atoms with E-state index in [0.29, 0.717) is 6.42 Å². The topological polar surface area (TPSA) is 60.7 Å². The zero-order valence-electron chi connectivity index (χ0n) is 14.6. The second-order valence-corrected chi connectivity index (χ2v) is 10.3. The monoisotopic (exact) mass is 322 g/mol. The molecule has 1 unspecified atom stereocenters. The first-order valence-corrected chi connectivity index (χ1v) is 11.5. The molecule has 0 aliphatic carbocycles. The van der Waals surface area contributed by atoms with Crippen molar-refractivity contribution in [1.82, 2.24) is 0 Å². The molecule has 0 aliphatic heterocycles. The van der Waals surface area contributed by atoms with Gasteiger partial charge < -0.3 is 0 Å². The zero-order chi connectivity index (χ0) is 16.2. The fourth-order valence-corrected chi connectivity index (χ4v) is 5.63. The summed E-state index contributed by atoms with van der Waals surface area (Å²) in [7, 11) is -4.44. The van der Waals surface area contributed by atoms with E-state index in [-0.39, 0.29) is 11.8 Å². The van der Waals surface area contributed by atoms with Gasteiger partial charge >= 0.3 is 132 Å². The first-order chi connectivity index (χ1) is 9.85. The molecular weight excluding hydrogens is 283 g/mol. The van der Waals surface area contributed by atoms with E-state index in [1.807, 2.05) is 6.92 Å². The van der Waals surface area contributed by atoms with Crippen LogP contribution in [0, 0.1) is 0 Å². The van der Waals surface area contributed by atoms with Crippen molar-refractivity contribution in [3.8, 4) is 0 Å². The van der Waals surface area contributed by atoms with Gasteiger partial charge in [-0.2, -0.15) is 0 Å². The summed E-state index contributed by atoms with van der Waals surface area (Å²) >= 11 is 0. The van der Waals surface area contributed by atoms with E-state index in [1.54, 1.807) is 0 Å². The summed E-state index contributed by atoms with van der Waals surface area (Å²) in [5.74, 6) is 0. The van der Waals surface area contributed by atoms with E-state index in [2.05, 4.69) is 13.8 Å². The summed E-state index contributed by atoms with van der Waals surface area (Å²) in [6.45, 7) is 6.33. The molecule has 3 N–H and O–H groups in total. The Morgan fingerprint density at radius 3 is 1.67 bits per heavy atom. The van der Waals surface area contributed by atoms with Gasteiger partial charge in [0.1, 0.15) is 0 Å². The van der Waals surface area contributed by atoms with Crippen LogP contribution in [0.1, 0.15) is 97.8 Å². The van der Waals surface area contributed by atoms with Crippen molar-refractivity contribution < 1.29 is 14.7 Å². The van der Waals surface area contributed by atoms with Crippen molar-refractivity contribution >= 4 is 7.28 Å². The quantitative estimate of drug-likeness (QED) is 0.297. The predicted octanol–water partition coefficient (Wildman–Crippen LogP) is 5.37. The van der Waals surface area contributed by atoms with Gasteiger partial charge in [0, 0.05) is 0 Å². The molecule has 0 saturated heterocycles. The van der Waals surface area contributed by atoms with Crippen LogP contribution in [0.2, 0.25) is 0 Å². The van der Waals surface area contributed by atoms with Gasteiger partial charge in [-0.25, -0.2) is 0 Å². The summed E-state index contributed by atoms with van der Waals surface area (Å²) in [5, 5.41) is 0. The zero-order valence-corrected chi connectivity index (χ0v) is 15.5. The molecule has 0 aromatic carbocycles. The van der Waals surface area contributed by atoms with E-state index in [1.165, 1.54) is 25.7 Å². The standard InChI is InChI=1S/C17H39O3P/c1-4-7-10-11-12-13-15-17(14-8-5-2)21(18,19,20)16-9-6-3/h17-20H,4-16H2,1-3H3. The number of hydrogen-bond donors (Lipinski definition) is 3. The molecule has 0 aliphatic rings. The summed E-state index contributed by atoms with van der Waals surface area (Å²) in [6.07, 6.45) is 12.4. The molecule has 0 saturated carbocycles. The van der Waals surface area contributed by atoms with Crippen molar-refractivity contribution in [1.29, 1.82) is 0 Å². The van der Waals surface area contributed by atoms with Crippen LogP contribution in [-0.2, 0) is 0 Å².